The Morgan fingerprint density at radius 1 is 1.07 bits per heavy atom. The molecule has 0 fully saturated rings. The van der Waals surface area contributed by atoms with Crippen molar-refractivity contribution in [2.75, 3.05) is 0 Å². The van der Waals surface area contributed by atoms with Gasteiger partial charge in [0.2, 0.25) is 11.4 Å². The molecule has 0 N–H and O–H groups in total. The highest BCUT2D eigenvalue weighted by Crippen LogP contribution is 2.43. The van der Waals surface area contributed by atoms with E-state index >= 15 is 0 Å². The third-order valence-electron chi connectivity index (χ3n) is 5.42. The van der Waals surface area contributed by atoms with Crippen molar-refractivity contribution in [2.45, 2.75) is 34.1 Å². The molecule has 2 aromatic carbocycles. The van der Waals surface area contributed by atoms with Gasteiger partial charge >= 0.3 is 0 Å². The lowest BCUT2D eigenvalue weighted by atomic mass is 9.95. The van der Waals surface area contributed by atoms with Crippen LogP contribution < -0.4 is 4.57 Å². The lowest BCUT2D eigenvalue weighted by Crippen LogP contribution is -2.30. The predicted molar refractivity (Wildman–Crippen MR) is 115 cm³/mol. The largest absolute Gasteiger partial charge is 0.466 e. The van der Waals surface area contributed by atoms with E-state index in [-0.39, 0.29) is 0 Å². The zero-order valence-electron chi connectivity index (χ0n) is 17.1. The van der Waals surface area contributed by atoms with Crippen molar-refractivity contribution < 1.29 is 8.98 Å². The summed E-state index contributed by atoms with van der Waals surface area (Å²) in [4.78, 5) is 3.88. The van der Waals surface area contributed by atoms with Crippen LogP contribution in [0.5, 0.6) is 0 Å². The van der Waals surface area contributed by atoms with Crippen molar-refractivity contribution in [3.05, 3.63) is 70.7 Å². The van der Waals surface area contributed by atoms with E-state index in [4.69, 9.17) is 11.0 Å². The molecule has 0 aliphatic rings. The molecule has 4 aromatic rings. The van der Waals surface area contributed by atoms with Gasteiger partial charge in [-0.25, -0.2) is 9.41 Å². The number of hydrogen-bond acceptors (Lipinski definition) is 1. The molecule has 0 radical (unpaired) electrons. The molecule has 0 aliphatic heterocycles. The van der Waals surface area contributed by atoms with Crippen molar-refractivity contribution in [2.24, 2.45) is 13.0 Å². The van der Waals surface area contributed by atoms with Crippen LogP contribution in [0.1, 0.15) is 30.5 Å². The molecular formula is C25H25N2O+. The number of pyridine rings is 1. The molecule has 0 saturated heterocycles. The van der Waals surface area contributed by atoms with Crippen molar-refractivity contribution in [1.29, 1.82) is 0 Å². The zero-order chi connectivity index (χ0) is 20.0. The lowest BCUT2D eigenvalue weighted by molar-refractivity contribution is -0.660. The molecule has 2 aromatic heterocycles. The van der Waals surface area contributed by atoms with Crippen molar-refractivity contribution >= 4 is 27.6 Å². The summed E-state index contributed by atoms with van der Waals surface area (Å²) in [5.41, 5.74) is 7.87. The van der Waals surface area contributed by atoms with Gasteiger partial charge in [-0.1, -0.05) is 32.0 Å². The van der Waals surface area contributed by atoms with Gasteiger partial charge in [-0.3, -0.25) is 0 Å². The van der Waals surface area contributed by atoms with E-state index in [9.17, 15) is 0 Å². The monoisotopic (exact) mass is 369 g/mol. The van der Waals surface area contributed by atoms with Crippen LogP contribution in [-0.4, -0.2) is 0 Å². The third kappa shape index (κ3) is 2.77. The van der Waals surface area contributed by atoms with Crippen LogP contribution in [0.25, 0.3) is 38.0 Å². The minimum absolute atomic E-state index is 0.489. The van der Waals surface area contributed by atoms with Gasteiger partial charge in [-0.15, -0.1) is 0 Å². The Morgan fingerprint density at radius 3 is 2.54 bits per heavy atom. The van der Waals surface area contributed by atoms with E-state index in [1.54, 1.807) is 0 Å². The smallest absolute Gasteiger partial charge is 0.232 e. The number of aryl methyl sites for hydroxylation is 3. The van der Waals surface area contributed by atoms with Gasteiger partial charge in [-0.2, -0.15) is 0 Å². The second kappa shape index (κ2) is 6.80. The second-order valence-corrected chi connectivity index (χ2v) is 8.05. The van der Waals surface area contributed by atoms with E-state index in [2.05, 4.69) is 61.4 Å². The molecule has 0 aliphatic carbocycles. The summed E-state index contributed by atoms with van der Waals surface area (Å²) in [5.74, 6) is 0.489. The van der Waals surface area contributed by atoms with Crippen LogP contribution in [0.2, 0.25) is 0 Å². The van der Waals surface area contributed by atoms with Crippen LogP contribution in [-0.2, 0) is 13.5 Å². The highest BCUT2D eigenvalue weighted by molar-refractivity contribution is 6.14. The number of rotatable bonds is 3. The van der Waals surface area contributed by atoms with Crippen LogP contribution >= 0.6 is 0 Å². The maximum atomic E-state index is 7.81. The van der Waals surface area contributed by atoms with Crippen molar-refractivity contribution in [3.8, 4) is 11.3 Å². The molecule has 0 amide bonds. The summed E-state index contributed by atoms with van der Waals surface area (Å²) in [7, 11) is 2.05. The van der Waals surface area contributed by atoms with Gasteiger partial charge in [0.15, 0.2) is 6.20 Å². The summed E-state index contributed by atoms with van der Waals surface area (Å²) in [6.07, 6.45) is 2.93. The molecule has 3 heteroatoms. The fourth-order valence-corrected chi connectivity index (χ4v) is 4.18. The Kier molecular flexibility index (Phi) is 4.43. The van der Waals surface area contributed by atoms with Gasteiger partial charge in [0.1, 0.15) is 18.2 Å². The molecule has 3 nitrogen and oxygen atoms in total. The summed E-state index contributed by atoms with van der Waals surface area (Å²) in [6.45, 7) is 16.4. The first-order valence-corrected chi connectivity index (χ1v) is 9.73. The second-order valence-electron chi connectivity index (χ2n) is 8.05. The topological polar surface area (TPSA) is 21.4 Å². The average Bonchev–Trinajstić information content (AvgIpc) is 3.02. The van der Waals surface area contributed by atoms with Crippen molar-refractivity contribution in [1.82, 2.24) is 0 Å². The molecule has 28 heavy (non-hydrogen) atoms. The molecule has 0 bridgehead atoms. The fraction of sp³-hybridized carbons (Fsp3) is 0.280. The van der Waals surface area contributed by atoms with Crippen LogP contribution in [0.4, 0.5) is 5.69 Å². The van der Waals surface area contributed by atoms with E-state index in [0.717, 1.165) is 50.7 Å². The quantitative estimate of drug-likeness (QED) is 0.301. The Labute approximate surface area is 166 Å². The standard InChI is InChI=1S/C25H25N2O/c1-15(2)13-18-14-17(4)21-19-11-10-16(3)22(20-9-7-8-12-27(20)6)24(19)28-25(21)23(18)26-5/h7-12,14-15H,13H2,1-4,6H3/q+1. The van der Waals surface area contributed by atoms with Crippen molar-refractivity contribution in [3.63, 3.8) is 0 Å². The van der Waals surface area contributed by atoms with Crippen LogP contribution in [0.3, 0.4) is 0 Å². The number of aromatic nitrogens is 1. The predicted octanol–water partition coefficient (Wildman–Crippen LogP) is 6.44. The summed E-state index contributed by atoms with van der Waals surface area (Å²) in [5, 5.41) is 2.14. The zero-order valence-corrected chi connectivity index (χ0v) is 17.1. The minimum atomic E-state index is 0.489. The molecule has 0 atom stereocenters. The summed E-state index contributed by atoms with van der Waals surface area (Å²) >= 11 is 0. The number of furan rings is 1. The normalized spacial score (nSPS) is 11.5. The highest BCUT2D eigenvalue weighted by atomic mass is 16.3. The molecule has 0 saturated carbocycles. The average molecular weight is 369 g/mol. The first kappa shape index (κ1) is 18.3. The Bertz CT molecular complexity index is 1260. The fourth-order valence-electron chi connectivity index (χ4n) is 4.18. The molecule has 2 heterocycles. The van der Waals surface area contributed by atoms with E-state index in [1.807, 2.05) is 25.4 Å². The Morgan fingerprint density at radius 2 is 1.86 bits per heavy atom. The number of benzene rings is 2. The van der Waals surface area contributed by atoms with E-state index in [0.29, 0.717) is 11.6 Å². The van der Waals surface area contributed by atoms with E-state index in [1.165, 1.54) is 5.56 Å². The van der Waals surface area contributed by atoms with Gasteiger partial charge < -0.3 is 4.42 Å². The highest BCUT2D eigenvalue weighted by Gasteiger charge is 2.23. The van der Waals surface area contributed by atoms with Gasteiger partial charge in [0.05, 0.1) is 12.1 Å². The number of hydrogen-bond donors (Lipinski definition) is 0. The van der Waals surface area contributed by atoms with Gasteiger partial charge in [0, 0.05) is 22.9 Å². The number of nitrogens with zero attached hydrogens (tertiary/aromatic N) is 2. The minimum Gasteiger partial charge on any atom is -0.466 e. The van der Waals surface area contributed by atoms with E-state index < -0.39 is 0 Å². The molecule has 0 unspecified atom stereocenters. The number of fused-ring (bicyclic) bond motifs is 3. The van der Waals surface area contributed by atoms with Crippen LogP contribution in [0.15, 0.2) is 47.0 Å². The molecule has 0 spiro atoms. The van der Waals surface area contributed by atoms with Gasteiger partial charge in [0.25, 0.3) is 0 Å². The molecular weight excluding hydrogens is 344 g/mol. The first-order chi connectivity index (χ1) is 13.4. The maximum Gasteiger partial charge on any atom is 0.232 e. The summed E-state index contributed by atoms with van der Waals surface area (Å²) < 4.78 is 8.58. The first-order valence-electron chi connectivity index (χ1n) is 9.73. The SMILES string of the molecule is [C-]#[N+]c1c(CC(C)C)cc(C)c2c1oc1c(-c3cccc[n+]3C)c(C)ccc12. The third-order valence-corrected chi connectivity index (χ3v) is 5.42. The maximum absolute atomic E-state index is 7.81. The molecule has 140 valence electrons. The Balaban J connectivity index is 2.14. The summed E-state index contributed by atoms with van der Waals surface area (Å²) in [6, 6.07) is 12.6. The molecule has 4 rings (SSSR count). The lowest BCUT2D eigenvalue weighted by Gasteiger charge is -2.09. The van der Waals surface area contributed by atoms with Gasteiger partial charge in [-0.05, 0) is 48.9 Å². The van der Waals surface area contributed by atoms with Crippen LogP contribution in [0, 0.1) is 26.3 Å². The Hall–Kier alpha value is -3.12.